The normalized spacial score (nSPS) is 33.8. The number of fused-ring (bicyclic) bond motifs is 5. The smallest absolute Gasteiger partial charge is 0.315 e. The number of carbonyl (C=O) groups excluding carboxylic acids is 4. The van der Waals surface area contributed by atoms with Crippen LogP contribution in [0.25, 0.3) is 0 Å². The van der Waals surface area contributed by atoms with Crippen LogP contribution in [0.5, 0.6) is 11.5 Å². The molecular formula is C38H42O11. The van der Waals surface area contributed by atoms with E-state index in [1.165, 1.54) is 26.2 Å². The van der Waals surface area contributed by atoms with Crippen molar-refractivity contribution < 1.29 is 53.4 Å². The van der Waals surface area contributed by atoms with Crippen LogP contribution < -0.4 is 4.74 Å². The lowest BCUT2D eigenvalue weighted by atomic mass is 9.59. The fraction of sp³-hybridized carbons (Fsp3) is 0.474. The number of methoxy groups -OCH3 is 1. The summed E-state index contributed by atoms with van der Waals surface area (Å²) in [6.07, 6.45) is 1.27. The zero-order chi connectivity index (χ0) is 35.7. The van der Waals surface area contributed by atoms with Crippen LogP contribution in [-0.2, 0) is 46.2 Å². The molecule has 2 saturated carbocycles. The van der Waals surface area contributed by atoms with E-state index < -0.39 is 82.1 Å². The van der Waals surface area contributed by atoms with Gasteiger partial charge in [0.1, 0.15) is 17.5 Å². The molecule has 0 heterocycles. The molecule has 0 unspecified atom stereocenters. The number of esters is 3. The van der Waals surface area contributed by atoms with Crippen LogP contribution in [0.4, 0.5) is 0 Å². The largest absolute Gasteiger partial charge is 0.504 e. The number of ether oxygens (including phenoxy) is 4. The molecule has 0 aromatic heterocycles. The van der Waals surface area contributed by atoms with Crippen LogP contribution in [0.2, 0.25) is 0 Å². The molecule has 0 spiro atoms. The van der Waals surface area contributed by atoms with Crippen molar-refractivity contribution in [2.75, 3.05) is 7.11 Å². The van der Waals surface area contributed by atoms with Gasteiger partial charge in [0.05, 0.1) is 25.6 Å². The van der Waals surface area contributed by atoms with Crippen LogP contribution in [0.15, 0.2) is 72.0 Å². The number of ketones is 1. The SMILES string of the molecule is COc1cc(CC(=O)OC2=C[C@H]3[C@@H]4C(C)(C)[C@]4(OC(C)=O)[C@H](OC(=O)Cc4ccccc4)[C@@H](C)[C@]3(O)[C@@H]3C=C(C)C(=O)[C@@]3(O)C2)ccc1O. The van der Waals surface area contributed by atoms with Crippen molar-refractivity contribution in [1.29, 1.82) is 0 Å². The third kappa shape index (κ3) is 5.25. The van der Waals surface area contributed by atoms with E-state index in [-0.39, 0.29) is 35.7 Å². The van der Waals surface area contributed by atoms with Crippen molar-refractivity contribution in [3.63, 3.8) is 0 Å². The number of phenolic OH excluding ortho intramolecular Hbond substituents is 1. The van der Waals surface area contributed by atoms with Gasteiger partial charge in [0.15, 0.2) is 22.9 Å². The second-order valence-corrected chi connectivity index (χ2v) is 14.4. The molecule has 11 nitrogen and oxygen atoms in total. The molecule has 2 aromatic rings. The lowest BCUT2D eigenvalue weighted by Gasteiger charge is -2.52. The van der Waals surface area contributed by atoms with Crippen LogP contribution in [0.3, 0.4) is 0 Å². The summed E-state index contributed by atoms with van der Waals surface area (Å²) in [5.74, 6) is -6.19. The Bertz CT molecular complexity index is 1780. The maximum atomic E-state index is 13.7. The topological polar surface area (TPSA) is 166 Å². The molecule has 6 rings (SSSR count). The Morgan fingerprint density at radius 2 is 1.63 bits per heavy atom. The number of rotatable bonds is 8. The molecule has 8 atom stereocenters. The van der Waals surface area contributed by atoms with Gasteiger partial charge in [0, 0.05) is 42.4 Å². The van der Waals surface area contributed by atoms with Gasteiger partial charge < -0.3 is 34.3 Å². The second kappa shape index (κ2) is 11.8. The molecule has 0 aliphatic heterocycles. The fourth-order valence-electron chi connectivity index (χ4n) is 9.02. The third-order valence-electron chi connectivity index (χ3n) is 11.3. The van der Waals surface area contributed by atoms with Crippen molar-refractivity contribution >= 4 is 23.7 Å². The van der Waals surface area contributed by atoms with Crippen molar-refractivity contribution in [3.8, 4) is 11.5 Å². The van der Waals surface area contributed by atoms with Crippen LogP contribution in [-0.4, -0.2) is 69.0 Å². The Balaban J connectivity index is 1.42. The zero-order valence-electron chi connectivity index (χ0n) is 28.4. The van der Waals surface area contributed by atoms with Gasteiger partial charge in [-0.15, -0.1) is 0 Å². The predicted molar refractivity (Wildman–Crippen MR) is 174 cm³/mol. The summed E-state index contributed by atoms with van der Waals surface area (Å²) < 4.78 is 23.3. The first-order valence-electron chi connectivity index (χ1n) is 16.4. The molecule has 0 radical (unpaired) electrons. The van der Waals surface area contributed by atoms with Gasteiger partial charge in [-0.1, -0.05) is 63.2 Å². The highest BCUT2D eigenvalue weighted by Crippen LogP contribution is 2.77. The minimum atomic E-state index is -2.19. The van der Waals surface area contributed by atoms with Gasteiger partial charge >= 0.3 is 17.9 Å². The van der Waals surface area contributed by atoms with E-state index in [2.05, 4.69) is 0 Å². The molecule has 260 valence electrons. The maximum absolute atomic E-state index is 13.7. The number of benzene rings is 2. The summed E-state index contributed by atoms with van der Waals surface area (Å²) >= 11 is 0. The number of phenols is 1. The van der Waals surface area contributed by atoms with Gasteiger partial charge in [-0.2, -0.15) is 0 Å². The molecule has 2 fully saturated rings. The molecule has 0 bridgehead atoms. The van der Waals surface area contributed by atoms with Crippen molar-refractivity contribution in [2.24, 2.45) is 29.1 Å². The van der Waals surface area contributed by atoms with Crippen LogP contribution in [0, 0.1) is 29.1 Å². The minimum absolute atomic E-state index is 0.0215. The summed E-state index contributed by atoms with van der Waals surface area (Å²) in [7, 11) is 1.38. The van der Waals surface area contributed by atoms with E-state index in [0.717, 1.165) is 0 Å². The minimum Gasteiger partial charge on any atom is -0.504 e. The molecule has 49 heavy (non-hydrogen) atoms. The number of hydrogen-bond acceptors (Lipinski definition) is 11. The van der Waals surface area contributed by atoms with Crippen molar-refractivity contribution in [2.45, 2.75) is 76.8 Å². The van der Waals surface area contributed by atoms with E-state index in [0.29, 0.717) is 11.1 Å². The van der Waals surface area contributed by atoms with Gasteiger partial charge in [0.2, 0.25) is 0 Å². The quantitative estimate of drug-likeness (QED) is 0.276. The average molecular weight is 675 g/mol. The first kappa shape index (κ1) is 34.4. The van der Waals surface area contributed by atoms with E-state index in [9.17, 15) is 34.5 Å². The van der Waals surface area contributed by atoms with Crippen LogP contribution in [0.1, 0.15) is 52.2 Å². The highest BCUT2D eigenvalue weighted by Gasteiger charge is 2.88. The lowest BCUT2D eigenvalue weighted by molar-refractivity contribution is -0.228. The second-order valence-electron chi connectivity index (χ2n) is 14.4. The molecule has 4 aliphatic rings. The van der Waals surface area contributed by atoms with E-state index in [4.69, 9.17) is 18.9 Å². The Morgan fingerprint density at radius 1 is 0.959 bits per heavy atom. The van der Waals surface area contributed by atoms with Gasteiger partial charge in [0.25, 0.3) is 0 Å². The standard InChI is InChI=1S/C38H42O11/c1-20-14-29-36(44,33(20)43)19-25(47-30(41)17-24-12-13-27(40)28(15-24)46-6)18-26-32-35(4,5)38(32,49-22(3)39)34(21(2)37(26,29)45)48-31(42)16-23-10-8-7-9-11-23/h7-15,18,21,26,29,32,34,40,44-45H,16-17,19H2,1-6H3/t21-,26+,29-,32-,34-,36-,37-,38-/m1/s1. The molecule has 3 N–H and O–H groups in total. The van der Waals surface area contributed by atoms with E-state index in [1.807, 2.05) is 19.9 Å². The Morgan fingerprint density at radius 3 is 2.29 bits per heavy atom. The van der Waals surface area contributed by atoms with Gasteiger partial charge in [-0.25, -0.2) is 0 Å². The number of hydrogen-bond donors (Lipinski definition) is 3. The predicted octanol–water partition coefficient (Wildman–Crippen LogP) is 3.76. The first-order valence-corrected chi connectivity index (χ1v) is 16.4. The highest BCUT2D eigenvalue weighted by molar-refractivity contribution is 6.05. The number of aliphatic hydroxyl groups is 2. The Labute approximate surface area is 284 Å². The number of carbonyl (C=O) groups is 4. The zero-order valence-corrected chi connectivity index (χ0v) is 28.4. The fourth-order valence-corrected chi connectivity index (χ4v) is 9.02. The molecule has 11 heteroatoms. The highest BCUT2D eigenvalue weighted by atomic mass is 16.6. The number of Topliss-reactive ketones (excluding diaryl/α,β-unsaturated/α-hetero) is 1. The van der Waals surface area contributed by atoms with E-state index >= 15 is 0 Å². The van der Waals surface area contributed by atoms with Crippen molar-refractivity contribution in [3.05, 3.63) is 83.1 Å². The van der Waals surface area contributed by atoms with Crippen LogP contribution >= 0.6 is 0 Å². The lowest BCUT2D eigenvalue weighted by Crippen LogP contribution is -2.66. The monoisotopic (exact) mass is 674 g/mol. The summed E-state index contributed by atoms with van der Waals surface area (Å²) in [6, 6.07) is 13.4. The number of aromatic hydroxyl groups is 1. The molecular weight excluding hydrogens is 632 g/mol. The molecule has 2 aromatic carbocycles. The molecule has 0 saturated heterocycles. The summed E-state index contributed by atoms with van der Waals surface area (Å²) in [5.41, 5.74) is -4.91. The Hall–Kier alpha value is -4.48. The van der Waals surface area contributed by atoms with Gasteiger partial charge in [-0.3, -0.25) is 19.2 Å². The Kier molecular flexibility index (Phi) is 8.31. The first-order chi connectivity index (χ1) is 23.0. The molecule has 0 amide bonds. The van der Waals surface area contributed by atoms with Crippen molar-refractivity contribution in [1.82, 2.24) is 0 Å². The third-order valence-corrected chi connectivity index (χ3v) is 11.3. The molecule has 4 aliphatic carbocycles. The summed E-state index contributed by atoms with van der Waals surface area (Å²) in [6.45, 7) is 8.19. The van der Waals surface area contributed by atoms with E-state index in [1.54, 1.807) is 56.3 Å². The maximum Gasteiger partial charge on any atom is 0.315 e. The average Bonchev–Trinajstić information content (AvgIpc) is 3.45. The summed E-state index contributed by atoms with van der Waals surface area (Å²) in [5, 5.41) is 35.2. The van der Waals surface area contributed by atoms with Gasteiger partial charge in [-0.05, 0) is 41.8 Å². The summed E-state index contributed by atoms with van der Waals surface area (Å²) in [4.78, 5) is 53.2.